The third kappa shape index (κ3) is 2.33. The molecule has 0 unspecified atom stereocenters. The van der Waals surface area contributed by atoms with Crippen molar-refractivity contribution in [1.29, 1.82) is 0 Å². The molecule has 0 radical (unpaired) electrons. The predicted octanol–water partition coefficient (Wildman–Crippen LogP) is 3.73. The molecule has 20 heavy (non-hydrogen) atoms. The molecule has 0 amide bonds. The van der Waals surface area contributed by atoms with Crippen molar-refractivity contribution < 1.29 is 0 Å². The molecule has 2 aromatic rings. The Kier molecular flexibility index (Phi) is 3.73. The van der Waals surface area contributed by atoms with Crippen molar-refractivity contribution >= 4 is 34.9 Å². The van der Waals surface area contributed by atoms with Gasteiger partial charge >= 0.3 is 0 Å². The van der Waals surface area contributed by atoms with Crippen LogP contribution in [0, 0.1) is 4.77 Å². The molecule has 0 spiro atoms. The molecule has 1 aromatic carbocycles. The van der Waals surface area contributed by atoms with Crippen LogP contribution in [-0.4, -0.2) is 20.6 Å². The Balaban J connectivity index is 2.12. The fraction of sp³-hybridized carbons (Fsp3) is 0.467. The van der Waals surface area contributed by atoms with Crippen molar-refractivity contribution in [3.63, 3.8) is 0 Å². The summed E-state index contributed by atoms with van der Waals surface area (Å²) < 4.78 is 2.46. The van der Waals surface area contributed by atoms with Crippen LogP contribution in [0.25, 0.3) is 10.9 Å². The van der Waals surface area contributed by atoms with Crippen molar-refractivity contribution in [2.45, 2.75) is 37.0 Å². The third-order valence-electron chi connectivity index (χ3n) is 4.28. The van der Waals surface area contributed by atoms with Crippen LogP contribution in [-0.2, 0) is 6.54 Å². The van der Waals surface area contributed by atoms with Gasteiger partial charge in [-0.15, -0.1) is 0 Å². The zero-order valence-electron chi connectivity index (χ0n) is 11.5. The summed E-state index contributed by atoms with van der Waals surface area (Å²) in [5.41, 5.74) is 0.855. The normalized spacial score (nSPS) is 17.6. The number of thioether (sulfide) groups is 1. The fourth-order valence-electron chi connectivity index (χ4n) is 3.08. The second kappa shape index (κ2) is 5.37. The Labute approximate surface area is 127 Å². The summed E-state index contributed by atoms with van der Waals surface area (Å²) in [6, 6.07) is 7.57. The van der Waals surface area contributed by atoms with Crippen molar-refractivity contribution in [1.82, 2.24) is 9.55 Å². The highest BCUT2D eigenvalue weighted by molar-refractivity contribution is 8.00. The van der Waals surface area contributed by atoms with Gasteiger partial charge in [0.25, 0.3) is 5.56 Å². The molecular formula is C15H18N2OS2. The van der Waals surface area contributed by atoms with E-state index in [0.29, 0.717) is 11.3 Å². The van der Waals surface area contributed by atoms with Crippen LogP contribution < -0.4 is 5.56 Å². The topological polar surface area (TPSA) is 37.8 Å². The number of hydrogen-bond donors (Lipinski definition) is 1. The fourth-order valence-corrected chi connectivity index (χ4v) is 4.29. The molecule has 1 fully saturated rings. The minimum atomic E-state index is 0.0321. The number of aromatic nitrogens is 2. The monoisotopic (exact) mass is 306 g/mol. The first-order chi connectivity index (χ1) is 9.65. The summed E-state index contributed by atoms with van der Waals surface area (Å²) in [4.78, 5) is 15.8. The number of fused-ring (bicyclic) bond motifs is 1. The van der Waals surface area contributed by atoms with Crippen LogP contribution >= 0.6 is 24.0 Å². The number of hydrogen-bond acceptors (Lipinski definition) is 3. The smallest absolute Gasteiger partial charge is 0.262 e. The highest BCUT2D eigenvalue weighted by Crippen LogP contribution is 2.41. The van der Waals surface area contributed by atoms with Gasteiger partial charge in [-0.2, -0.15) is 11.8 Å². The number of nitrogens with zero attached hydrogens (tertiary/aromatic N) is 1. The Morgan fingerprint density at radius 2 is 2.05 bits per heavy atom. The maximum absolute atomic E-state index is 12.7. The maximum Gasteiger partial charge on any atom is 0.262 e. The van der Waals surface area contributed by atoms with E-state index in [1.165, 1.54) is 25.7 Å². The van der Waals surface area contributed by atoms with E-state index in [-0.39, 0.29) is 10.3 Å². The highest BCUT2D eigenvalue weighted by atomic mass is 32.2. The van der Waals surface area contributed by atoms with Crippen LogP contribution in [0.15, 0.2) is 29.1 Å². The van der Waals surface area contributed by atoms with Crippen LogP contribution in [0.1, 0.15) is 25.7 Å². The van der Waals surface area contributed by atoms with Crippen LogP contribution in [0.3, 0.4) is 0 Å². The maximum atomic E-state index is 12.7. The van der Waals surface area contributed by atoms with Gasteiger partial charge in [0.2, 0.25) is 0 Å². The average Bonchev–Trinajstić information content (AvgIpc) is 2.93. The van der Waals surface area contributed by atoms with E-state index in [1.54, 1.807) is 4.57 Å². The molecule has 3 rings (SSSR count). The summed E-state index contributed by atoms with van der Waals surface area (Å²) in [5, 5.41) is 0.718. The number of H-pyrrole nitrogens is 1. The number of para-hydroxylation sites is 1. The second-order valence-electron chi connectivity index (χ2n) is 5.46. The molecule has 1 saturated carbocycles. The van der Waals surface area contributed by atoms with Crippen LogP contribution in [0.5, 0.6) is 0 Å². The number of rotatable bonds is 3. The van der Waals surface area contributed by atoms with E-state index in [4.69, 9.17) is 12.2 Å². The number of benzene rings is 1. The van der Waals surface area contributed by atoms with Gasteiger partial charge in [0.1, 0.15) is 0 Å². The molecule has 1 heterocycles. The lowest BCUT2D eigenvalue weighted by atomic mass is 10.1. The van der Waals surface area contributed by atoms with E-state index >= 15 is 0 Å². The standard InChI is InChI=1S/C15H18N2OS2/c1-20-15(8-4-5-9-15)10-17-13(18)11-6-2-3-7-12(11)16-14(17)19/h2-3,6-7H,4-5,8-10H2,1H3,(H,16,19). The van der Waals surface area contributed by atoms with Gasteiger partial charge in [0.05, 0.1) is 10.9 Å². The quantitative estimate of drug-likeness (QED) is 0.878. The Morgan fingerprint density at radius 1 is 1.35 bits per heavy atom. The largest absolute Gasteiger partial charge is 0.332 e. The summed E-state index contributed by atoms with van der Waals surface area (Å²) in [7, 11) is 0. The van der Waals surface area contributed by atoms with E-state index in [0.717, 1.165) is 10.9 Å². The predicted molar refractivity (Wildman–Crippen MR) is 88.1 cm³/mol. The first-order valence-corrected chi connectivity index (χ1v) is 8.56. The molecule has 0 saturated heterocycles. The van der Waals surface area contributed by atoms with Crippen molar-refractivity contribution in [3.05, 3.63) is 39.4 Å². The Morgan fingerprint density at radius 3 is 2.75 bits per heavy atom. The van der Waals surface area contributed by atoms with Gasteiger partial charge in [-0.25, -0.2) is 0 Å². The van der Waals surface area contributed by atoms with Crippen LogP contribution in [0.4, 0.5) is 0 Å². The Hall–Kier alpha value is -1.07. The Bertz CT molecular complexity index is 741. The summed E-state index contributed by atoms with van der Waals surface area (Å²) in [5.74, 6) is 0. The zero-order chi connectivity index (χ0) is 14.2. The lowest BCUT2D eigenvalue weighted by Gasteiger charge is -2.27. The summed E-state index contributed by atoms with van der Waals surface area (Å²) >= 11 is 7.27. The third-order valence-corrected chi connectivity index (χ3v) is 6.01. The molecule has 0 atom stereocenters. The highest BCUT2D eigenvalue weighted by Gasteiger charge is 2.34. The van der Waals surface area contributed by atoms with Gasteiger partial charge in [-0.3, -0.25) is 9.36 Å². The van der Waals surface area contributed by atoms with E-state index in [1.807, 2.05) is 36.0 Å². The lowest BCUT2D eigenvalue weighted by Crippen LogP contribution is -2.34. The number of aromatic amines is 1. The summed E-state index contributed by atoms with van der Waals surface area (Å²) in [6.07, 6.45) is 6.98. The van der Waals surface area contributed by atoms with Crippen molar-refractivity contribution in [3.8, 4) is 0 Å². The van der Waals surface area contributed by atoms with Crippen molar-refractivity contribution in [2.75, 3.05) is 6.26 Å². The SMILES string of the molecule is CSC1(Cn2c(=S)[nH]c3ccccc3c2=O)CCCC1. The first kappa shape index (κ1) is 13.9. The van der Waals surface area contributed by atoms with Gasteiger partial charge in [0, 0.05) is 11.3 Å². The molecule has 1 aliphatic rings. The average molecular weight is 306 g/mol. The summed E-state index contributed by atoms with van der Waals surface area (Å²) in [6.45, 7) is 0.715. The number of nitrogens with one attached hydrogen (secondary N) is 1. The minimum Gasteiger partial charge on any atom is -0.332 e. The van der Waals surface area contributed by atoms with Gasteiger partial charge in [-0.05, 0) is 43.4 Å². The molecule has 3 nitrogen and oxygen atoms in total. The molecular weight excluding hydrogens is 288 g/mol. The van der Waals surface area contributed by atoms with E-state index < -0.39 is 0 Å². The lowest BCUT2D eigenvalue weighted by molar-refractivity contribution is 0.489. The molecule has 5 heteroatoms. The van der Waals surface area contributed by atoms with Gasteiger partial charge < -0.3 is 4.98 Å². The molecule has 1 N–H and O–H groups in total. The molecule has 0 aliphatic heterocycles. The zero-order valence-corrected chi connectivity index (χ0v) is 13.1. The molecule has 1 aliphatic carbocycles. The van der Waals surface area contributed by atoms with Gasteiger partial charge in [0.15, 0.2) is 4.77 Å². The van der Waals surface area contributed by atoms with E-state index in [9.17, 15) is 4.79 Å². The van der Waals surface area contributed by atoms with Crippen molar-refractivity contribution in [2.24, 2.45) is 0 Å². The second-order valence-corrected chi connectivity index (χ2v) is 7.12. The van der Waals surface area contributed by atoms with E-state index in [2.05, 4.69) is 11.2 Å². The first-order valence-electron chi connectivity index (χ1n) is 6.92. The minimum absolute atomic E-state index is 0.0321. The van der Waals surface area contributed by atoms with Gasteiger partial charge in [-0.1, -0.05) is 25.0 Å². The molecule has 0 bridgehead atoms. The van der Waals surface area contributed by atoms with Crippen LogP contribution in [0.2, 0.25) is 0 Å². The molecule has 1 aromatic heterocycles. The molecule has 106 valence electrons.